The predicted molar refractivity (Wildman–Crippen MR) is 106 cm³/mol. The van der Waals surface area contributed by atoms with Crippen molar-refractivity contribution in [3.05, 3.63) is 40.5 Å². The van der Waals surface area contributed by atoms with Crippen molar-refractivity contribution in [3.8, 4) is 0 Å². The second-order valence-electron chi connectivity index (χ2n) is 7.01. The molecule has 1 aromatic carbocycles. The average molecular weight is 399 g/mol. The van der Waals surface area contributed by atoms with Gasteiger partial charge in [-0.1, -0.05) is 28.6 Å². The van der Waals surface area contributed by atoms with Crippen molar-refractivity contribution in [2.45, 2.75) is 39.3 Å². The van der Waals surface area contributed by atoms with Gasteiger partial charge in [0.1, 0.15) is 5.69 Å². The van der Waals surface area contributed by atoms with Crippen molar-refractivity contribution < 1.29 is 14.1 Å². The number of nitrogens with one attached hydrogen (secondary N) is 2. The largest absolute Gasteiger partial charge is 0.356 e. The first-order chi connectivity index (χ1) is 13.5. The van der Waals surface area contributed by atoms with Crippen LogP contribution in [0.25, 0.3) is 11.0 Å². The van der Waals surface area contributed by atoms with Crippen LogP contribution in [-0.4, -0.2) is 39.6 Å². The van der Waals surface area contributed by atoms with E-state index in [4.69, 9.17) is 4.52 Å². The van der Waals surface area contributed by atoms with Gasteiger partial charge in [0, 0.05) is 29.3 Å². The van der Waals surface area contributed by atoms with Crippen LogP contribution in [0.5, 0.6) is 0 Å². The van der Waals surface area contributed by atoms with E-state index >= 15 is 0 Å². The Morgan fingerprint density at radius 1 is 1.32 bits per heavy atom. The fraction of sp³-hybridized carbons (Fsp3) is 0.368. The van der Waals surface area contributed by atoms with Gasteiger partial charge in [0.05, 0.1) is 18.7 Å². The van der Waals surface area contributed by atoms with Gasteiger partial charge in [-0.05, 0) is 26.0 Å². The second kappa shape index (κ2) is 7.59. The summed E-state index contributed by atoms with van der Waals surface area (Å²) >= 11 is 1.41. The van der Waals surface area contributed by atoms with Crippen molar-refractivity contribution in [2.75, 3.05) is 11.9 Å². The first-order valence-electron chi connectivity index (χ1n) is 9.17. The molecule has 0 unspecified atom stereocenters. The lowest BCUT2D eigenvalue weighted by atomic mass is 10.1. The molecule has 0 aliphatic carbocycles. The van der Waals surface area contributed by atoms with E-state index in [1.165, 1.54) is 11.3 Å². The van der Waals surface area contributed by atoms with E-state index < -0.39 is 0 Å². The Bertz CT molecular complexity index is 1030. The van der Waals surface area contributed by atoms with Crippen LogP contribution in [0.4, 0.5) is 9.93 Å². The summed E-state index contributed by atoms with van der Waals surface area (Å²) < 4.78 is 5.29. The Hall–Kier alpha value is -2.94. The van der Waals surface area contributed by atoms with Crippen LogP contribution < -0.4 is 10.6 Å². The third kappa shape index (κ3) is 3.84. The van der Waals surface area contributed by atoms with Gasteiger partial charge in [-0.2, -0.15) is 0 Å². The molecule has 0 fully saturated rings. The quantitative estimate of drug-likeness (QED) is 0.703. The number of amides is 3. The monoisotopic (exact) mass is 399 g/mol. The van der Waals surface area contributed by atoms with E-state index in [9.17, 15) is 9.59 Å². The number of benzene rings is 1. The first kappa shape index (κ1) is 18.4. The molecule has 3 amide bonds. The van der Waals surface area contributed by atoms with Gasteiger partial charge in [-0.15, -0.1) is 0 Å². The number of carbonyl (C=O) groups excluding carboxylic acids is 2. The molecule has 146 valence electrons. The lowest BCUT2D eigenvalue weighted by Crippen LogP contribution is -2.36. The molecule has 3 heterocycles. The minimum atomic E-state index is -0.271. The van der Waals surface area contributed by atoms with Gasteiger partial charge >= 0.3 is 6.03 Å². The number of carbonyl (C=O) groups is 2. The predicted octanol–water partition coefficient (Wildman–Crippen LogP) is 2.94. The number of urea groups is 1. The molecule has 2 N–H and O–H groups in total. The molecule has 2 aromatic heterocycles. The van der Waals surface area contributed by atoms with Gasteiger partial charge in [0.15, 0.2) is 10.7 Å². The Morgan fingerprint density at radius 3 is 2.96 bits per heavy atom. The van der Waals surface area contributed by atoms with Crippen molar-refractivity contribution in [1.82, 2.24) is 20.4 Å². The smallest absolute Gasteiger partial charge is 0.321 e. The Kier molecular flexibility index (Phi) is 4.99. The SMILES string of the molecule is CC(C)NC(=O)Nc1nc2c(s1)CN(C(=O)Cc1noc3ccccc13)CC2. The summed E-state index contributed by atoms with van der Waals surface area (Å²) in [7, 11) is 0. The Balaban J connectivity index is 1.42. The molecule has 3 aromatic rings. The van der Waals surface area contributed by atoms with Crippen molar-refractivity contribution in [1.29, 1.82) is 0 Å². The van der Waals surface area contributed by atoms with Gasteiger partial charge in [-0.3, -0.25) is 10.1 Å². The molecule has 0 radical (unpaired) electrons. The molecule has 28 heavy (non-hydrogen) atoms. The van der Waals surface area contributed by atoms with Gasteiger partial charge in [0.25, 0.3) is 0 Å². The van der Waals surface area contributed by atoms with E-state index in [1.54, 1.807) is 0 Å². The van der Waals surface area contributed by atoms with Crippen molar-refractivity contribution in [2.24, 2.45) is 0 Å². The fourth-order valence-electron chi connectivity index (χ4n) is 3.18. The molecule has 8 nitrogen and oxygen atoms in total. The van der Waals surface area contributed by atoms with Crippen molar-refractivity contribution in [3.63, 3.8) is 0 Å². The summed E-state index contributed by atoms with van der Waals surface area (Å²) in [6, 6.07) is 7.31. The molecule has 1 aliphatic rings. The molecule has 1 aliphatic heterocycles. The van der Waals surface area contributed by atoms with Crippen LogP contribution in [0.3, 0.4) is 0 Å². The van der Waals surface area contributed by atoms with Crippen LogP contribution in [-0.2, 0) is 24.2 Å². The summed E-state index contributed by atoms with van der Waals surface area (Å²) in [6.07, 6.45) is 0.873. The highest BCUT2D eigenvalue weighted by atomic mass is 32.1. The second-order valence-corrected chi connectivity index (χ2v) is 8.09. The maximum absolute atomic E-state index is 12.8. The molecular weight excluding hydrogens is 378 g/mol. The third-order valence-corrected chi connectivity index (χ3v) is 5.49. The van der Waals surface area contributed by atoms with Gasteiger partial charge in [0.2, 0.25) is 5.91 Å². The van der Waals surface area contributed by atoms with Crippen LogP contribution in [0.2, 0.25) is 0 Å². The zero-order chi connectivity index (χ0) is 19.7. The number of nitrogens with zero attached hydrogens (tertiary/aromatic N) is 3. The number of para-hydroxylation sites is 1. The van der Waals surface area contributed by atoms with Gasteiger partial charge < -0.3 is 14.7 Å². The summed E-state index contributed by atoms with van der Waals surface area (Å²) in [5.74, 6) is 0.00478. The molecular formula is C19H21N5O3S. The lowest BCUT2D eigenvalue weighted by Gasteiger charge is -2.25. The zero-order valence-corrected chi connectivity index (χ0v) is 16.5. The normalized spacial score (nSPS) is 13.6. The number of hydrogen-bond acceptors (Lipinski definition) is 6. The van der Waals surface area contributed by atoms with E-state index in [0.29, 0.717) is 35.9 Å². The maximum atomic E-state index is 12.8. The number of aromatic nitrogens is 2. The number of rotatable bonds is 4. The standard InChI is InChI=1S/C19H21N5O3S/c1-11(2)20-18(26)22-19-21-13-7-8-24(10-16(13)28-19)17(25)9-14-12-5-3-4-6-15(12)27-23-14/h3-6,11H,7-10H2,1-2H3,(H2,20,21,22,26). The van der Waals surface area contributed by atoms with E-state index in [0.717, 1.165) is 16.0 Å². The molecule has 0 bridgehead atoms. The average Bonchev–Trinajstić information content (AvgIpc) is 3.23. The van der Waals surface area contributed by atoms with E-state index in [2.05, 4.69) is 20.8 Å². The molecule has 9 heteroatoms. The molecule has 0 spiro atoms. The zero-order valence-electron chi connectivity index (χ0n) is 15.7. The highest BCUT2D eigenvalue weighted by Crippen LogP contribution is 2.29. The molecule has 4 rings (SSSR count). The number of hydrogen-bond donors (Lipinski definition) is 2. The van der Waals surface area contributed by atoms with Crippen LogP contribution in [0.15, 0.2) is 28.8 Å². The van der Waals surface area contributed by atoms with Crippen molar-refractivity contribution >= 4 is 39.4 Å². The lowest BCUT2D eigenvalue weighted by molar-refractivity contribution is -0.131. The molecule has 0 saturated heterocycles. The number of fused-ring (bicyclic) bond motifs is 2. The summed E-state index contributed by atoms with van der Waals surface area (Å²) in [4.78, 5) is 31.9. The highest BCUT2D eigenvalue weighted by molar-refractivity contribution is 7.15. The third-order valence-electron chi connectivity index (χ3n) is 4.49. The molecule has 0 saturated carbocycles. The number of anilines is 1. The highest BCUT2D eigenvalue weighted by Gasteiger charge is 2.25. The number of thiazole rings is 1. The molecule has 0 atom stereocenters. The summed E-state index contributed by atoms with van der Waals surface area (Å²) in [5.41, 5.74) is 2.29. The fourth-order valence-corrected chi connectivity index (χ4v) is 4.20. The van der Waals surface area contributed by atoms with E-state index in [-0.39, 0.29) is 24.4 Å². The maximum Gasteiger partial charge on any atom is 0.321 e. The van der Waals surface area contributed by atoms with Crippen LogP contribution >= 0.6 is 11.3 Å². The summed E-state index contributed by atoms with van der Waals surface area (Å²) in [6.45, 7) is 4.89. The topological polar surface area (TPSA) is 100 Å². The van der Waals surface area contributed by atoms with Crippen LogP contribution in [0.1, 0.15) is 30.1 Å². The minimum Gasteiger partial charge on any atom is -0.356 e. The minimum absolute atomic E-state index is 0.00478. The van der Waals surface area contributed by atoms with Gasteiger partial charge in [-0.25, -0.2) is 9.78 Å². The summed E-state index contributed by atoms with van der Waals surface area (Å²) in [5, 5.41) is 11.0. The Labute approximate surface area is 165 Å². The Morgan fingerprint density at radius 2 is 2.14 bits per heavy atom. The first-order valence-corrected chi connectivity index (χ1v) is 9.98. The van der Waals surface area contributed by atoms with E-state index in [1.807, 2.05) is 43.0 Å². The van der Waals surface area contributed by atoms with Crippen LogP contribution in [0, 0.1) is 0 Å².